The van der Waals surface area contributed by atoms with Crippen molar-refractivity contribution in [3.63, 3.8) is 0 Å². The molecule has 0 saturated carbocycles. The molecule has 4 rings (SSSR count). The van der Waals surface area contributed by atoms with Crippen LogP contribution in [-0.2, 0) is 14.1 Å². The topological polar surface area (TPSA) is 98.1 Å². The van der Waals surface area contributed by atoms with Crippen molar-refractivity contribution in [3.05, 3.63) is 80.0 Å². The standard InChI is InChI=1S/C27H26F4N4O4/c1-13-9-15(28)10-14(2)21(13)39-22-16(7-8-34(5)25(22)38)18-12-35(6)24(37)20-17(18)11-19(32-20)23(36)33-26(3,4)27(29,30)31/h7-12,32H,1-6H3,(H,33,36). The van der Waals surface area contributed by atoms with Gasteiger partial charge < -0.3 is 24.2 Å². The predicted molar refractivity (Wildman–Crippen MR) is 138 cm³/mol. The van der Waals surface area contributed by atoms with Crippen molar-refractivity contribution in [2.24, 2.45) is 14.1 Å². The minimum Gasteiger partial charge on any atom is -0.450 e. The van der Waals surface area contributed by atoms with Gasteiger partial charge in [0.1, 0.15) is 28.3 Å². The SMILES string of the molecule is Cc1cc(F)cc(C)c1Oc1c(-c2cn(C)c(=O)c3[nH]c(C(=O)NC(C)(C)C(F)(F)F)cc23)ccn(C)c1=O. The Morgan fingerprint density at radius 2 is 1.56 bits per heavy atom. The zero-order valence-electron chi connectivity index (χ0n) is 22.0. The second kappa shape index (κ2) is 9.44. The molecule has 1 aromatic carbocycles. The summed E-state index contributed by atoms with van der Waals surface area (Å²) >= 11 is 0. The number of nitrogens with one attached hydrogen (secondary N) is 2. The third kappa shape index (κ3) is 4.93. The molecule has 0 saturated heterocycles. The van der Waals surface area contributed by atoms with Gasteiger partial charge in [-0.1, -0.05) is 0 Å². The maximum atomic E-state index is 13.9. The van der Waals surface area contributed by atoms with Gasteiger partial charge in [-0.25, -0.2) is 4.39 Å². The summed E-state index contributed by atoms with van der Waals surface area (Å²) in [5, 5.41) is 2.12. The minimum atomic E-state index is -4.72. The van der Waals surface area contributed by atoms with E-state index in [1.165, 1.54) is 53.8 Å². The van der Waals surface area contributed by atoms with E-state index in [1.54, 1.807) is 19.9 Å². The summed E-state index contributed by atoms with van der Waals surface area (Å²) in [6, 6.07) is 5.35. The van der Waals surface area contributed by atoms with Gasteiger partial charge in [0.2, 0.25) is 0 Å². The molecule has 8 nitrogen and oxygen atoms in total. The van der Waals surface area contributed by atoms with Gasteiger partial charge in [0, 0.05) is 43.0 Å². The Morgan fingerprint density at radius 1 is 0.949 bits per heavy atom. The molecule has 0 radical (unpaired) electrons. The quantitative estimate of drug-likeness (QED) is 0.350. The number of H-pyrrole nitrogens is 1. The van der Waals surface area contributed by atoms with Crippen molar-refractivity contribution in [1.29, 1.82) is 0 Å². The highest BCUT2D eigenvalue weighted by atomic mass is 19.4. The fourth-order valence-corrected chi connectivity index (χ4v) is 4.17. The van der Waals surface area contributed by atoms with E-state index in [0.29, 0.717) is 16.7 Å². The smallest absolute Gasteiger partial charge is 0.410 e. The van der Waals surface area contributed by atoms with Gasteiger partial charge in [0.15, 0.2) is 5.75 Å². The van der Waals surface area contributed by atoms with E-state index in [1.807, 2.05) is 5.32 Å². The van der Waals surface area contributed by atoms with Crippen molar-refractivity contribution in [2.45, 2.75) is 39.4 Å². The fourth-order valence-electron chi connectivity index (χ4n) is 4.17. The number of benzene rings is 1. The van der Waals surface area contributed by atoms with E-state index in [4.69, 9.17) is 4.74 Å². The summed E-state index contributed by atoms with van der Waals surface area (Å²) in [5.74, 6) is -1.39. The molecule has 39 heavy (non-hydrogen) atoms. The molecule has 4 aromatic rings. The Morgan fingerprint density at radius 3 is 2.15 bits per heavy atom. The number of aromatic amines is 1. The molecule has 0 bridgehead atoms. The van der Waals surface area contributed by atoms with Crippen LogP contribution in [0.25, 0.3) is 22.0 Å². The van der Waals surface area contributed by atoms with Crippen LogP contribution < -0.4 is 21.2 Å². The Bertz CT molecular complexity index is 1720. The number of carbonyl (C=O) groups excluding carboxylic acids is 1. The van der Waals surface area contributed by atoms with Gasteiger partial charge in [-0.3, -0.25) is 14.4 Å². The monoisotopic (exact) mass is 546 g/mol. The van der Waals surface area contributed by atoms with Crippen LogP contribution in [0.15, 0.2) is 46.2 Å². The largest absolute Gasteiger partial charge is 0.450 e. The first-order chi connectivity index (χ1) is 18.0. The lowest BCUT2D eigenvalue weighted by Crippen LogP contribution is -2.54. The first kappa shape index (κ1) is 27.7. The van der Waals surface area contributed by atoms with Gasteiger partial charge in [0.25, 0.3) is 17.0 Å². The highest BCUT2D eigenvalue weighted by Gasteiger charge is 2.48. The van der Waals surface area contributed by atoms with Crippen LogP contribution in [0.3, 0.4) is 0 Å². The Hall–Kier alpha value is -4.35. The zero-order valence-corrected chi connectivity index (χ0v) is 22.0. The van der Waals surface area contributed by atoms with Crippen LogP contribution in [0, 0.1) is 19.7 Å². The highest BCUT2D eigenvalue weighted by molar-refractivity contribution is 6.03. The lowest BCUT2D eigenvalue weighted by Gasteiger charge is -2.28. The summed E-state index contributed by atoms with van der Waals surface area (Å²) in [5.41, 5.74) is -2.48. The number of ether oxygens (including phenoxy) is 1. The van der Waals surface area contributed by atoms with E-state index >= 15 is 0 Å². The third-order valence-corrected chi connectivity index (χ3v) is 6.49. The van der Waals surface area contributed by atoms with Crippen molar-refractivity contribution in [2.75, 3.05) is 0 Å². The summed E-state index contributed by atoms with van der Waals surface area (Å²) in [4.78, 5) is 41.5. The van der Waals surface area contributed by atoms with Crippen LogP contribution in [0.2, 0.25) is 0 Å². The second-order valence-electron chi connectivity index (χ2n) is 9.95. The van der Waals surface area contributed by atoms with Gasteiger partial charge >= 0.3 is 6.18 Å². The molecule has 0 fully saturated rings. The number of amides is 1. The van der Waals surface area contributed by atoms with E-state index in [-0.39, 0.29) is 33.7 Å². The van der Waals surface area contributed by atoms with Crippen molar-refractivity contribution < 1.29 is 27.1 Å². The van der Waals surface area contributed by atoms with E-state index in [0.717, 1.165) is 13.8 Å². The number of alkyl halides is 3. The summed E-state index contributed by atoms with van der Waals surface area (Å²) < 4.78 is 62.5. The molecule has 0 aliphatic carbocycles. The Balaban J connectivity index is 1.92. The fraction of sp³-hybridized carbons (Fsp3) is 0.296. The van der Waals surface area contributed by atoms with Crippen molar-refractivity contribution >= 4 is 16.8 Å². The number of pyridine rings is 2. The van der Waals surface area contributed by atoms with Crippen LogP contribution in [-0.4, -0.2) is 31.7 Å². The van der Waals surface area contributed by atoms with Crippen LogP contribution in [0.4, 0.5) is 17.6 Å². The molecule has 0 spiro atoms. The van der Waals surface area contributed by atoms with Crippen molar-refractivity contribution in [3.8, 4) is 22.6 Å². The molecule has 0 unspecified atom stereocenters. The molecule has 12 heteroatoms. The van der Waals surface area contributed by atoms with Gasteiger partial charge in [-0.2, -0.15) is 13.2 Å². The number of aromatic nitrogens is 3. The molecule has 3 aromatic heterocycles. The number of nitrogens with zero attached hydrogens (tertiary/aromatic N) is 2. The number of hydrogen-bond acceptors (Lipinski definition) is 4. The summed E-state index contributed by atoms with van der Waals surface area (Å²) in [7, 11) is 2.97. The van der Waals surface area contributed by atoms with Crippen LogP contribution >= 0.6 is 0 Å². The molecular weight excluding hydrogens is 520 g/mol. The number of rotatable bonds is 5. The minimum absolute atomic E-state index is 0.0502. The molecular formula is C27H26F4N4O4. The van der Waals surface area contributed by atoms with E-state index in [2.05, 4.69) is 4.98 Å². The van der Waals surface area contributed by atoms with Crippen molar-refractivity contribution in [1.82, 2.24) is 19.4 Å². The normalized spacial score (nSPS) is 12.2. The maximum absolute atomic E-state index is 13.9. The Kier molecular flexibility index (Phi) is 6.70. The average molecular weight is 547 g/mol. The molecule has 0 aliphatic rings. The molecule has 0 aliphatic heterocycles. The molecule has 206 valence electrons. The van der Waals surface area contributed by atoms with Crippen LogP contribution in [0.1, 0.15) is 35.5 Å². The predicted octanol–water partition coefficient (Wildman–Crippen LogP) is 4.85. The van der Waals surface area contributed by atoms with Gasteiger partial charge in [0.05, 0.1) is 0 Å². The van der Waals surface area contributed by atoms with Gasteiger partial charge in [-0.05, 0) is 63.1 Å². The highest BCUT2D eigenvalue weighted by Crippen LogP contribution is 2.37. The van der Waals surface area contributed by atoms with E-state index in [9.17, 15) is 31.9 Å². The molecule has 3 heterocycles. The van der Waals surface area contributed by atoms with E-state index < -0.39 is 34.6 Å². The second-order valence-corrected chi connectivity index (χ2v) is 9.95. The Labute approximate surface area is 219 Å². The molecule has 0 atom stereocenters. The molecule has 1 amide bonds. The van der Waals surface area contributed by atoms with Crippen LogP contribution in [0.5, 0.6) is 11.5 Å². The lowest BCUT2D eigenvalue weighted by molar-refractivity contribution is -0.182. The van der Waals surface area contributed by atoms with Gasteiger partial charge in [-0.15, -0.1) is 0 Å². The summed E-state index contributed by atoms with van der Waals surface area (Å²) in [6.07, 6.45) is -1.80. The molecule has 2 N–H and O–H groups in total. The average Bonchev–Trinajstić information content (AvgIpc) is 3.26. The number of halogens is 4. The first-order valence-corrected chi connectivity index (χ1v) is 11.8. The number of aryl methyl sites for hydroxylation is 4. The zero-order chi connectivity index (χ0) is 29.0. The number of carbonyl (C=O) groups is 1. The third-order valence-electron chi connectivity index (χ3n) is 6.49. The number of hydrogen-bond donors (Lipinski definition) is 2. The maximum Gasteiger partial charge on any atom is 0.410 e. The summed E-state index contributed by atoms with van der Waals surface area (Å²) in [6.45, 7) is 4.90. The first-order valence-electron chi connectivity index (χ1n) is 11.8. The number of fused-ring (bicyclic) bond motifs is 1. The lowest BCUT2D eigenvalue weighted by atomic mass is 10.0.